The Kier molecular flexibility index (Phi) is 1.97. The summed E-state index contributed by atoms with van der Waals surface area (Å²) >= 11 is 0. The molecule has 0 spiro atoms. The lowest BCUT2D eigenvalue weighted by molar-refractivity contribution is -0.0226. The Hall–Kier alpha value is -0.890. The van der Waals surface area contributed by atoms with Crippen LogP contribution in [0.15, 0.2) is 24.5 Å². The molecule has 4 fully saturated rings. The maximum absolute atomic E-state index is 6.39. The Morgan fingerprint density at radius 2 is 1.71 bits per heavy atom. The van der Waals surface area contributed by atoms with Crippen molar-refractivity contribution in [1.29, 1.82) is 0 Å². The highest BCUT2D eigenvalue weighted by Gasteiger charge is 2.54. The van der Waals surface area contributed by atoms with Crippen LogP contribution >= 0.6 is 0 Å². The highest BCUT2D eigenvalue weighted by atomic mass is 14.8. The Morgan fingerprint density at radius 3 is 2.35 bits per heavy atom. The van der Waals surface area contributed by atoms with Gasteiger partial charge in [-0.15, -0.1) is 0 Å². The van der Waals surface area contributed by atoms with E-state index in [1.165, 1.54) is 37.7 Å². The first kappa shape index (κ1) is 10.1. The molecule has 1 aromatic heterocycles. The number of hydrogen-bond donors (Lipinski definition) is 1. The first-order valence-electron chi connectivity index (χ1n) is 6.93. The molecular weight excluding hydrogens is 208 g/mol. The fourth-order valence-corrected chi connectivity index (χ4v) is 5.12. The lowest BCUT2D eigenvalue weighted by Crippen LogP contribution is -2.58. The molecule has 0 amide bonds. The first-order chi connectivity index (χ1) is 8.27. The van der Waals surface area contributed by atoms with Gasteiger partial charge in [-0.25, -0.2) is 0 Å². The summed E-state index contributed by atoms with van der Waals surface area (Å²) in [6, 6.07) is 4.96. The predicted molar refractivity (Wildman–Crippen MR) is 67.4 cm³/mol. The van der Waals surface area contributed by atoms with Crippen LogP contribution in [-0.2, 0) is 5.41 Å². The summed E-state index contributed by atoms with van der Waals surface area (Å²) in [6.45, 7) is 0. The summed E-state index contributed by atoms with van der Waals surface area (Å²) in [6.07, 6.45) is 10.7. The standard InChI is InChI=1S/C15H20N2/c16-14-11-5-10-6-12(14)9-15(7-10,8-11)13-1-3-17-4-2-13/h1-4,10-12,14H,5-9,16H2. The third kappa shape index (κ3) is 1.33. The average Bonchev–Trinajstić information content (AvgIpc) is 2.36. The molecule has 90 valence electrons. The van der Waals surface area contributed by atoms with Gasteiger partial charge in [0.2, 0.25) is 0 Å². The molecule has 0 aliphatic heterocycles. The van der Waals surface area contributed by atoms with E-state index >= 15 is 0 Å². The fourth-order valence-electron chi connectivity index (χ4n) is 5.12. The van der Waals surface area contributed by atoms with Crippen molar-refractivity contribution in [2.24, 2.45) is 23.5 Å². The molecule has 0 radical (unpaired) electrons. The molecule has 0 saturated heterocycles. The van der Waals surface area contributed by atoms with Gasteiger partial charge < -0.3 is 5.73 Å². The van der Waals surface area contributed by atoms with E-state index in [9.17, 15) is 0 Å². The van der Waals surface area contributed by atoms with Crippen molar-refractivity contribution in [3.8, 4) is 0 Å². The summed E-state index contributed by atoms with van der Waals surface area (Å²) < 4.78 is 0. The molecule has 2 atom stereocenters. The van der Waals surface area contributed by atoms with Crippen LogP contribution in [-0.4, -0.2) is 11.0 Å². The topological polar surface area (TPSA) is 38.9 Å². The van der Waals surface area contributed by atoms with Gasteiger partial charge in [0.15, 0.2) is 0 Å². The normalized spacial score (nSPS) is 47.4. The van der Waals surface area contributed by atoms with Crippen molar-refractivity contribution < 1.29 is 0 Å². The maximum atomic E-state index is 6.39. The number of nitrogens with zero attached hydrogens (tertiary/aromatic N) is 1. The van der Waals surface area contributed by atoms with E-state index in [1.807, 2.05) is 12.4 Å². The zero-order valence-electron chi connectivity index (χ0n) is 10.2. The zero-order chi connectivity index (χ0) is 11.5. The van der Waals surface area contributed by atoms with Crippen molar-refractivity contribution in [2.75, 3.05) is 0 Å². The van der Waals surface area contributed by atoms with Crippen LogP contribution in [0.5, 0.6) is 0 Å². The summed E-state index contributed by atoms with van der Waals surface area (Å²) in [4.78, 5) is 4.16. The number of pyridine rings is 1. The molecule has 2 unspecified atom stereocenters. The number of hydrogen-bond acceptors (Lipinski definition) is 2. The summed E-state index contributed by atoms with van der Waals surface area (Å²) in [7, 11) is 0. The second-order valence-electron chi connectivity index (χ2n) is 6.56. The van der Waals surface area contributed by atoms with Gasteiger partial charge in [0.25, 0.3) is 0 Å². The predicted octanol–water partition coefficient (Wildman–Crippen LogP) is 2.49. The molecule has 0 aromatic carbocycles. The molecule has 2 heteroatoms. The van der Waals surface area contributed by atoms with Gasteiger partial charge in [0.1, 0.15) is 0 Å². The minimum atomic E-state index is 0.454. The number of rotatable bonds is 1. The van der Waals surface area contributed by atoms with E-state index in [2.05, 4.69) is 17.1 Å². The fraction of sp³-hybridized carbons (Fsp3) is 0.667. The lowest BCUT2D eigenvalue weighted by atomic mass is 9.46. The van der Waals surface area contributed by atoms with E-state index in [-0.39, 0.29) is 0 Å². The van der Waals surface area contributed by atoms with Crippen molar-refractivity contribution in [1.82, 2.24) is 4.98 Å². The van der Waals surface area contributed by atoms with Crippen molar-refractivity contribution in [3.05, 3.63) is 30.1 Å². The molecule has 17 heavy (non-hydrogen) atoms. The van der Waals surface area contributed by atoms with Gasteiger partial charge in [-0.05, 0) is 73.0 Å². The smallest absolute Gasteiger partial charge is 0.0270 e. The quantitative estimate of drug-likeness (QED) is 0.802. The van der Waals surface area contributed by atoms with Gasteiger partial charge >= 0.3 is 0 Å². The van der Waals surface area contributed by atoms with Gasteiger partial charge in [-0.1, -0.05) is 0 Å². The van der Waals surface area contributed by atoms with Crippen molar-refractivity contribution in [3.63, 3.8) is 0 Å². The number of aromatic nitrogens is 1. The van der Waals surface area contributed by atoms with Crippen LogP contribution in [0.4, 0.5) is 0 Å². The molecule has 4 saturated carbocycles. The Bertz CT molecular complexity index is 412. The lowest BCUT2D eigenvalue weighted by Gasteiger charge is -2.59. The van der Waals surface area contributed by atoms with E-state index in [1.54, 1.807) is 0 Å². The second kappa shape index (κ2) is 3.32. The van der Waals surface area contributed by atoms with Crippen molar-refractivity contribution >= 4 is 0 Å². The van der Waals surface area contributed by atoms with Crippen LogP contribution in [0.1, 0.15) is 37.7 Å². The van der Waals surface area contributed by atoms with Gasteiger partial charge in [0, 0.05) is 18.4 Å². The second-order valence-corrected chi connectivity index (χ2v) is 6.56. The molecule has 5 rings (SSSR count). The van der Waals surface area contributed by atoms with Crippen LogP contribution < -0.4 is 5.73 Å². The maximum Gasteiger partial charge on any atom is 0.0270 e. The molecule has 4 bridgehead atoms. The highest BCUT2D eigenvalue weighted by Crippen LogP contribution is 2.60. The minimum Gasteiger partial charge on any atom is -0.327 e. The summed E-state index contributed by atoms with van der Waals surface area (Å²) in [5.41, 5.74) is 8.37. The Morgan fingerprint density at radius 1 is 1.06 bits per heavy atom. The molecule has 4 aliphatic carbocycles. The zero-order valence-corrected chi connectivity index (χ0v) is 10.2. The largest absolute Gasteiger partial charge is 0.327 e. The Balaban J connectivity index is 1.76. The van der Waals surface area contributed by atoms with Crippen LogP contribution in [0.3, 0.4) is 0 Å². The SMILES string of the molecule is NC1C2CC3CC1CC(c1ccncc1)(C3)C2. The van der Waals surface area contributed by atoms with Gasteiger partial charge in [-0.3, -0.25) is 4.98 Å². The average molecular weight is 228 g/mol. The summed E-state index contributed by atoms with van der Waals surface area (Å²) in [5.74, 6) is 2.52. The highest BCUT2D eigenvalue weighted by molar-refractivity contribution is 5.28. The van der Waals surface area contributed by atoms with E-state index < -0.39 is 0 Å². The van der Waals surface area contributed by atoms with E-state index in [4.69, 9.17) is 5.73 Å². The molecule has 4 aliphatic rings. The van der Waals surface area contributed by atoms with Crippen LogP contribution in [0, 0.1) is 17.8 Å². The molecule has 1 heterocycles. The molecule has 2 N–H and O–H groups in total. The number of nitrogens with two attached hydrogens (primary N) is 1. The monoisotopic (exact) mass is 228 g/mol. The molecular formula is C15H20N2. The van der Waals surface area contributed by atoms with Gasteiger partial charge in [-0.2, -0.15) is 0 Å². The summed E-state index contributed by atoms with van der Waals surface area (Å²) in [5, 5.41) is 0. The third-order valence-electron chi connectivity index (χ3n) is 5.64. The van der Waals surface area contributed by atoms with Gasteiger partial charge in [0.05, 0.1) is 0 Å². The third-order valence-corrected chi connectivity index (χ3v) is 5.64. The first-order valence-corrected chi connectivity index (χ1v) is 6.93. The van der Waals surface area contributed by atoms with Crippen LogP contribution in [0.25, 0.3) is 0 Å². The van der Waals surface area contributed by atoms with E-state index in [0.717, 1.165) is 17.8 Å². The van der Waals surface area contributed by atoms with E-state index in [0.29, 0.717) is 11.5 Å². The van der Waals surface area contributed by atoms with Crippen molar-refractivity contribution in [2.45, 2.75) is 43.6 Å². The van der Waals surface area contributed by atoms with Crippen LogP contribution in [0.2, 0.25) is 0 Å². The minimum absolute atomic E-state index is 0.454. The molecule has 2 nitrogen and oxygen atoms in total. The molecule has 1 aromatic rings. The Labute approximate surface area is 103 Å².